The van der Waals surface area contributed by atoms with Gasteiger partial charge in [-0.15, -0.1) is 11.3 Å². The van der Waals surface area contributed by atoms with Crippen LogP contribution in [-0.2, 0) is 0 Å². The van der Waals surface area contributed by atoms with Crippen molar-refractivity contribution in [1.29, 1.82) is 0 Å². The van der Waals surface area contributed by atoms with Gasteiger partial charge in [-0.05, 0) is 32.3 Å². The van der Waals surface area contributed by atoms with Gasteiger partial charge in [-0.25, -0.2) is 9.97 Å². The lowest BCUT2D eigenvalue weighted by molar-refractivity contribution is 0.195. The van der Waals surface area contributed by atoms with Crippen molar-refractivity contribution in [3.05, 3.63) is 16.8 Å². The van der Waals surface area contributed by atoms with Crippen molar-refractivity contribution in [2.75, 3.05) is 6.61 Å². The van der Waals surface area contributed by atoms with Crippen molar-refractivity contribution in [3.8, 4) is 5.88 Å². The molecule has 4 nitrogen and oxygen atoms in total. The van der Waals surface area contributed by atoms with Crippen molar-refractivity contribution >= 4 is 21.6 Å². The number of thiophene rings is 1. The van der Waals surface area contributed by atoms with Gasteiger partial charge in [-0.3, -0.25) is 0 Å². The Morgan fingerprint density at radius 2 is 1.90 bits per heavy atom. The fourth-order valence-corrected chi connectivity index (χ4v) is 4.04. The summed E-state index contributed by atoms with van der Waals surface area (Å²) in [7, 11) is 0. The van der Waals surface area contributed by atoms with Gasteiger partial charge in [0.2, 0.25) is 5.88 Å². The summed E-state index contributed by atoms with van der Waals surface area (Å²) in [6, 6.07) is 0. The lowest BCUT2D eigenvalue weighted by Crippen LogP contribution is -2.45. The van der Waals surface area contributed by atoms with Crippen LogP contribution in [0.25, 0.3) is 10.2 Å². The number of rotatable bonds is 3. The molecular formula is C16H23N3OS. The first-order chi connectivity index (χ1) is 10.1. The van der Waals surface area contributed by atoms with E-state index in [1.54, 1.807) is 17.7 Å². The van der Waals surface area contributed by atoms with Gasteiger partial charge in [-0.1, -0.05) is 25.7 Å². The number of nitrogens with zero attached hydrogens (tertiary/aromatic N) is 2. The third-order valence-electron chi connectivity index (χ3n) is 4.53. The van der Waals surface area contributed by atoms with Crippen LogP contribution in [0.4, 0.5) is 0 Å². The van der Waals surface area contributed by atoms with Crippen molar-refractivity contribution in [3.63, 3.8) is 0 Å². The summed E-state index contributed by atoms with van der Waals surface area (Å²) in [5.41, 5.74) is 7.55. The molecule has 21 heavy (non-hydrogen) atoms. The Morgan fingerprint density at radius 1 is 1.19 bits per heavy atom. The highest BCUT2D eigenvalue weighted by atomic mass is 32.1. The van der Waals surface area contributed by atoms with E-state index in [1.165, 1.54) is 36.1 Å². The predicted molar refractivity (Wildman–Crippen MR) is 87.0 cm³/mol. The molecule has 0 unspecified atom stereocenters. The van der Waals surface area contributed by atoms with Gasteiger partial charge in [0.15, 0.2) is 0 Å². The summed E-state index contributed by atoms with van der Waals surface area (Å²) in [5, 5.41) is 1.05. The van der Waals surface area contributed by atoms with Crippen LogP contribution >= 0.6 is 11.3 Å². The van der Waals surface area contributed by atoms with Gasteiger partial charge < -0.3 is 10.5 Å². The molecule has 0 spiro atoms. The summed E-state index contributed by atoms with van der Waals surface area (Å²) in [6.45, 7) is 4.77. The average molecular weight is 305 g/mol. The fourth-order valence-electron chi connectivity index (χ4n) is 3.05. The van der Waals surface area contributed by atoms with Crippen LogP contribution in [0.2, 0.25) is 0 Å². The zero-order valence-corrected chi connectivity index (χ0v) is 13.6. The molecule has 0 bridgehead atoms. The van der Waals surface area contributed by atoms with Gasteiger partial charge in [0.25, 0.3) is 0 Å². The minimum atomic E-state index is -0.202. The largest absolute Gasteiger partial charge is 0.475 e. The van der Waals surface area contributed by atoms with Gasteiger partial charge in [0.05, 0.1) is 10.9 Å². The number of hydrogen-bond donors (Lipinski definition) is 1. The number of aromatic nitrogens is 2. The standard InChI is InChI=1S/C16H23N3OS/c1-11-12(2)21-15-13(11)14(18-10-19-15)20-9-16(17)7-5-3-4-6-8-16/h10H,3-9,17H2,1-2H3. The quantitative estimate of drug-likeness (QED) is 0.878. The summed E-state index contributed by atoms with van der Waals surface area (Å²) < 4.78 is 6.04. The van der Waals surface area contributed by atoms with Gasteiger partial charge >= 0.3 is 0 Å². The Kier molecular flexibility index (Phi) is 4.13. The Hall–Kier alpha value is -1.20. The Morgan fingerprint density at radius 3 is 2.62 bits per heavy atom. The van der Waals surface area contributed by atoms with Gasteiger partial charge in [0, 0.05) is 4.88 Å². The molecule has 1 aliphatic rings. The van der Waals surface area contributed by atoms with Crippen LogP contribution < -0.4 is 10.5 Å². The topological polar surface area (TPSA) is 61.0 Å². The second-order valence-corrected chi connectivity index (χ2v) is 7.41. The number of fused-ring (bicyclic) bond motifs is 1. The SMILES string of the molecule is Cc1sc2ncnc(OCC3(N)CCCCCC3)c2c1C. The number of aryl methyl sites for hydroxylation is 2. The van der Waals surface area contributed by atoms with Crippen LogP contribution in [-0.4, -0.2) is 22.1 Å². The van der Waals surface area contributed by atoms with Gasteiger partial charge in [0.1, 0.15) is 17.8 Å². The molecule has 2 aromatic heterocycles. The zero-order chi connectivity index (χ0) is 14.9. The van der Waals surface area contributed by atoms with Crippen LogP contribution in [0.3, 0.4) is 0 Å². The van der Waals surface area contributed by atoms with Crippen molar-refractivity contribution in [2.24, 2.45) is 5.73 Å². The van der Waals surface area contributed by atoms with E-state index < -0.39 is 0 Å². The van der Waals surface area contributed by atoms with Gasteiger partial charge in [-0.2, -0.15) is 0 Å². The van der Waals surface area contributed by atoms with Crippen LogP contribution in [0, 0.1) is 13.8 Å². The fraction of sp³-hybridized carbons (Fsp3) is 0.625. The molecular weight excluding hydrogens is 282 g/mol. The molecule has 0 radical (unpaired) electrons. The zero-order valence-electron chi connectivity index (χ0n) is 12.8. The van der Waals surface area contributed by atoms with Crippen molar-refractivity contribution in [1.82, 2.24) is 9.97 Å². The van der Waals surface area contributed by atoms with Crippen LogP contribution in [0.1, 0.15) is 49.0 Å². The summed E-state index contributed by atoms with van der Waals surface area (Å²) >= 11 is 1.69. The Balaban J connectivity index is 1.81. The molecule has 2 heterocycles. The summed E-state index contributed by atoms with van der Waals surface area (Å²) in [4.78, 5) is 11.0. The Labute approximate surface area is 129 Å². The van der Waals surface area contributed by atoms with E-state index in [9.17, 15) is 0 Å². The molecule has 2 N–H and O–H groups in total. The molecule has 1 fully saturated rings. The van der Waals surface area contributed by atoms with E-state index >= 15 is 0 Å². The predicted octanol–water partition coefficient (Wildman–Crippen LogP) is 3.74. The monoisotopic (exact) mass is 305 g/mol. The van der Waals surface area contributed by atoms with E-state index in [4.69, 9.17) is 10.5 Å². The first kappa shape index (κ1) is 14.7. The maximum Gasteiger partial charge on any atom is 0.225 e. The molecule has 2 aromatic rings. The lowest BCUT2D eigenvalue weighted by Gasteiger charge is -2.27. The number of ether oxygens (including phenoxy) is 1. The van der Waals surface area contributed by atoms with Crippen LogP contribution in [0.5, 0.6) is 5.88 Å². The molecule has 3 rings (SSSR count). The molecule has 5 heteroatoms. The average Bonchev–Trinajstić information content (AvgIpc) is 2.65. The van der Waals surface area contributed by atoms with E-state index in [0.29, 0.717) is 12.5 Å². The third kappa shape index (κ3) is 3.04. The molecule has 1 saturated carbocycles. The van der Waals surface area contributed by atoms with Crippen LogP contribution in [0.15, 0.2) is 6.33 Å². The molecule has 0 aliphatic heterocycles. The molecule has 0 aromatic carbocycles. The van der Waals surface area contributed by atoms with E-state index in [2.05, 4.69) is 23.8 Å². The minimum absolute atomic E-state index is 0.202. The minimum Gasteiger partial charge on any atom is -0.475 e. The first-order valence-corrected chi connectivity index (χ1v) is 8.53. The summed E-state index contributed by atoms with van der Waals surface area (Å²) in [5.74, 6) is 0.691. The smallest absolute Gasteiger partial charge is 0.225 e. The number of hydrogen-bond acceptors (Lipinski definition) is 5. The highest BCUT2D eigenvalue weighted by Crippen LogP contribution is 2.34. The summed E-state index contributed by atoms with van der Waals surface area (Å²) in [6.07, 6.45) is 8.67. The van der Waals surface area contributed by atoms with E-state index in [-0.39, 0.29) is 5.54 Å². The molecule has 0 atom stereocenters. The third-order valence-corrected chi connectivity index (χ3v) is 5.64. The van der Waals surface area contributed by atoms with E-state index in [1.807, 2.05) is 0 Å². The number of nitrogens with two attached hydrogens (primary N) is 1. The maximum atomic E-state index is 6.53. The second-order valence-electron chi connectivity index (χ2n) is 6.21. The first-order valence-electron chi connectivity index (χ1n) is 7.71. The van der Waals surface area contributed by atoms with Crippen molar-refractivity contribution < 1.29 is 4.74 Å². The van der Waals surface area contributed by atoms with Crippen molar-refractivity contribution in [2.45, 2.75) is 57.9 Å². The molecule has 0 saturated heterocycles. The normalized spacial score (nSPS) is 18.6. The lowest BCUT2D eigenvalue weighted by atomic mass is 9.93. The van der Waals surface area contributed by atoms with E-state index in [0.717, 1.165) is 23.1 Å². The maximum absolute atomic E-state index is 6.53. The molecule has 0 amide bonds. The highest BCUT2D eigenvalue weighted by molar-refractivity contribution is 7.18. The molecule has 1 aliphatic carbocycles. The highest BCUT2D eigenvalue weighted by Gasteiger charge is 2.27. The second kappa shape index (κ2) is 5.89. The Bertz CT molecular complexity index is 630. The molecule has 114 valence electrons.